The number of imidazole rings is 1. The fraction of sp³-hybridized carbons (Fsp3) is 0.650. The van der Waals surface area contributed by atoms with Gasteiger partial charge in [-0.1, -0.05) is 31.9 Å². The minimum absolute atomic E-state index is 0.130. The predicted octanol–water partition coefficient (Wildman–Crippen LogP) is 2.68. The normalized spacial score (nSPS) is 23.3. The zero-order valence-corrected chi connectivity index (χ0v) is 19.2. The molecule has 0 bridgehead atoms. The number of unbranched alkanes of at least 4 members (excludes halogenated alkanes) is 4. The molecule has 0 radical (unpaired) electrons. The van der Waals surface area contributed by atoms with E-state index in [2.05, 4.69) is 39.1 Å². The monoisotopic (exact) mass is 468 g/mol. The van der Waals surface area contributed by atoms with E-state index in [4.69, 9.17) is 15.0 Å². The molecule has 0 aliphatic carbocycles. The maximum Gasteiger partial charge on any atom is 0.403 e. The van der Waals surface area contributed by atoms with Gasteiger partial charge in [-0.3, -0.25) is 9.09 Å². The molecular weight excluding hydrogens is 435 g/mol. The quantitative estimate of drug-likeness (QED) is 0.196. The van der Waals surface area contributed by atoms with E-state index in [1.807, 2.05) is 0 Å². The first kappa shape index (κ1) is 24.8. The lowest BCUT2D eigenvalue weighted by Crippen LogP contribution is -2.20. The van der Waals surface area contributed by atoms with Gasteiger partial charge in [-0.2, -0.15) is 0 Å². The number of nitrogens with zero attached hydrogens (tertiary/aromatic N) is 4. The number of aliphatic hydroxyl groups excluding tert-OH is 1. The molecule has 12 heteroatoms. The van der Waals surface area contributed by atoms with E-state index in [9.17, 15) is 14.6 Å². The number of anilines is 1. The average Bonchev–Trinajstić information content (AvgIpc) is 3.35. The SMILES string of the molecule is CCCCC/C=C/CCCNP(=O)(O)OC[C@@H]1C[C@@H](O)[C@H](n2cnc3c(N)ncnc32)O1. The molecule has 178 valence electrons. The molecule has 0 amide bonds. The molecule has 32 heavy (non-hydrogen) atoms. The standard InChI is InChI=1S/C20H33N6O5P/c1-2-3-4-5-6-7-8-9-10-25-32(28,29)30-12-15-11-16(27)20(31-15)26-14-24-17-18(21)22-13-23-19(17)26/h6-7,13-16,20,27H,2-5,8-12H2,1H3,(H2,21,22,23)(H2,25,28,29)/b7-6+/t15-,16+,20+/m0/s1. The Kier molecular flexibility index (Phi) is 9.15. The van der Waals surface area contributed by atoms with Crippen molar-refractivity contribution < 1.29 is 23.8 Å². The molecule has 0 spiro atoms. The second-order valence-electron chi connectivity index (χ2n) is 7.87. The molecule has 1 aliphatic heterocycles. The highest BCUT2D eigenvalue weighted by molar-refractivity contribution is 7.50. The minimum Gasteiger partial charge on any atom is -0.388 e. The number of rotatable bonds is 13. The summed E-state index contributed by atoms with van der Waals surface area (Å²) in [4.78, 5) is 22.2. The lowest BCUT2D eigenvalue weighted by molar-refractivity contribution is -0.0468. The van der Waals surface area contributed by atoms with Crippen molar-refractivity contribution >= 4 is 24.7 Å². The number of ether oxygens (including phenoxy) is 1. The molecule has 3 rings (SSSR count). The Morgan fingerprint density at radius 1 is 1.31 bits per heavy atom. The molecule has 3 heterocycles. The molecule has 2 aromatic rings. The third-order valence-corrected chi connectivity index (χ3v) is 6.38. The van der Waals surface area contributed by atoms with Crippen LogP contribution in [-0.4, -0.2) is 54.9 Å². The lowest BCUT2D eigenvalue weighted by atomic mass is 10.2. The highest BCUT2D eigenvalue weighted by atomic mass is 31.2. The fourth-order valence-corrected chi connectivity index (χ4v) is 4.46. The first-order chi connectivity index (χ1) is 15.4. The summed E-state index contributed by atoms with van der Waals surface area (Å²) >= 11 is 0. The third kappa shape index (κ3) is 6.81. The number of fused-ring (bicyclic) bond motifs is 1. The predicted molar refractivity (Wildman–Crippen MR) is 121 cm³/mol. The van der Waals surface area contributed by atoms with E-state index in [1.54, 1.807) is 4.57 Å². The van der Waals surface area contributed by atoms with Crippen molar-refractivity contribution in [1.29, 1.82) is 0 Å². The number of nitrogen functional groups attached to an aromatic ring is 1. The molecule has 2 aromatic heterocycles. The second-order valence-corrected chi connectivity index (χ2v) is 9.48. The number of allylic oxidation sites excluding steroid dienone is 2. The van der Waals surface area contributed by atoms with Crippen molar-refractivity contribution in [3.63, 3.8) is 0 Å². The number of hydrogen-bond donors (Lipinski definition) is 4. The molecule has 0 aromatic carbocycles. The van der Waals surface area contributed by atoms with Crippen LogP contribution in [0.4, 0.5) is 5.82 Å². The van der Waals surface area contributed by atoms with Gasteiger partial charge in [0.25, 0.3) is 0 Å². The Morgan fingerprint density at radius 2 is 2.09 bits per heavy atom. The average molecular weight is 468 g/mol. The topological polar surface area (TPSA) is 158 Å². The maximum atomic E-state index is 12.2. The van der Waals surface area contributed by atoms with E-state index in [1.165, 1.54) is 31.9 Å². The van der Waals surface area contributed by atoms with Gasteiger partial charge in [-0.05, 0) is 25.7 Å². The Bertz CT molecular complexity index is 938. The van der Waals surface area contributed by atoms with Crippen LogP contribution in [0.1, 0.15) is 58.1 Å². The summed E-state index contributed by atoms with van der Waals surface area (Å²) in [6.45, 7) is 2.42. The Hall–Kier alpha value is -1.88. The highest BCUT2D eigenvalue weighted by Gasteiger charge is 2.37. The number of aliphatic hydroxyl groups is 1. The van der Waals surface area contributed by atoms with Gasteiger partial charge in [0.05, 0.1) is 19.0 Å². The molecule has 1 aliphatic rings. The van der Waals surface area contributed by atoms with E-state index >= 15 is 0 Å². The first-order valence-corrected chi connectivity index (χ1v) is 12.6. The van der Waals surface area contributed by atoms with Gasteiger partial charge in [0.15, 0.2) is 17.7 Å². The zero-order valence-electron chi connectivity index (χ0n) is 18.3. The van der Waals surface area contributed by atoms with Crippen LogP contribution < -0.4 is 10.8 Å². The summed E-state index contributed by atoms with van der Waals surface area (Å²) < 4.78 is 24.8. The number of nitrogens with two attached hydrogens (primary N) is 1. The minimum atomic E-state index is -3.95. The number of nitrogens with one attached hydrogen (secondary N) is 1. The van der Waals surface area contributed by atoms with Crippen LogP contribution >= 0.6 is 7.75 Å². The van der Waals surface area contributed by atoms with Crippen LogP contribution in [0.3, 0.4) is 0 Å². The van der Waals surface area contributed by atoms with Crippen molar-refractivity contribution in [2.24, 2.45) is 0 Å². The van der Waals surface area contributed by atoms with Gasteiger partial charge < -0.3 is 20.5 Å². The molecule has 1 unspecified atom stereocenters. The molecule has 0 saturated carbocycles. The summed E-state index contributed by atoms with van der Waals surface area (Å²) in [5.41, 5.74) is 6.66. The summed E-state index contributed by atoms with van der Waals surface area (Å²) in [6, 6.07) is 0. The van der Waals surface area contributed by atoms with Gasteiger partial charge in [0.1, 0.15) is 17.9 Å². The van der Waals surface area contributed by atoms with Crippen LogP contribution in [0.2, 0.25) is 0 Å². The molecule has 5 N–H and O–H groups in total. The van der Waals surface area contributed by atoms with Gasteiger partial charge in [-0.25, -0.2) is 24.6 Å². The Morgan fingerprint density at radius 3 is 2.88 bits per heavy atom. The van der Waals surface area contributed by atoms with E-state index in [0.29, 0.717) is 17.7 Å². The maximum absolute atomic E-state index is 12.2. The van der Waals surface area contributed by atoms with E-state index in [0.717, 1.165) is 19.3 Å². The summed E-state index contributed by atoms with van der Waals surface area (Å²) in [5.74, 6) is 0.236. The molecule has 1 saturated heterocycles. The highest BCUT2D eigenvalue weighted by Crippen LogP contribution is 2.39. The van der Waals surface area contributed by atoms with Crippen LogP contribution in [0.25, 0.3) is 11.2 Å². The Balaban J connectivity index is 1.41. The largest absolute Gasteiger partial charge is 0.403 e. The molecule has 4 atom stereocenters. The fourth-order valence-electron chi connectivity index (χ4n) is 3.56. The molecular formula is C20H33N6O5P. The van der Waals surface area contributed by atoms with Crippen LogP contribution in [0, 0.1) is 0 Å². The van der Waals surface area contributed by atoms with Gasteiger partial charge in [-0.15, -0.1) is 0 Å². The summed E-state index contributed by atoms with van der Waals surface area (Å²) in [5, 5.41) is 13.0. The van der Waals surface area contributed by atoms with Crippen molar-refractivity contribution in [2.75, 3.05) is 18.9 Å². The van der Waals surface area contributed by atoms with Crippen molar-refractivity contribution in [3.05, 3.63) is 24.8 Å². The van der Waals surface area contributed by atoms with Crippen LogP contribution in [-0.2, 0) is 13.8 Å². The van der Waals surface area contributed by atoms with Crippen LogP contribution in [0.15, 0.2) is 24.8 Å². The summed E-state index contributed by atoms with van der Waals surface area (Å²) in [7, 11) is -3.95. The molecule has 11 nitrogen and oxygen atoms in total. The van der Waals surface area contributed by atoms with Gasteiger partial charge in [0, 0.05) is 13.0 Å². The lowest BCUT2D eigenvalue weighted by Gasteiger charge is -2.18. The van der Waals surface area contributed by atoms with E-state index < -0.39 is 26.2 Å². The smallest absolute Gasteiger partial charge is 0.388 e. The zero-order chi connectivity index (χ0) is 23.0. The molecule has 1 fully saturated rings. The second kappa shape index (κ2) is 11.8. The third-order valence-electron chi connectivity index (χ3n) is 5.26. The van der Waals surface area contributed by atoms with Crippen molar-refractivity contribution in [3.8, 4) is 0 Å². The number of hydrogen-bond acceptors (Lipinski definition) is 8. The van der Waals surface area contributed by atoms with Crippen molar-refractivity contribution in [1.82, 2.24) is 24.6 Å². The van der Waals surface area contributed by atoms with Gasteiger partial charge in [0.2, 0.25) is 0 Å². The van der Waals surface area contributed by atoms with Crippen molar-refractivity contribution in [2.45, 2.75) is 70.3 Å². The Labute approximate surface area is 187 Å². The van der Waals surface area contributed by atoms with Crippen LogP contribution in [0.5, 0.6) is 0 Å². The first-order valence-electron chi connectivity index (χ1n) is 11.0. The number of aromatic nitrogens is 4. The summed E-state index contributed by atoms with van der Waals surface area (Å²) in [6.07, 6.45) is 11.4. The van der Waals surface area contributed by atoms with Gasteiger partial charge >= 0.3 is 7.75 Å². The van der Waals surface area contributed by atoms with E-state index in [-0.39, 0.29) is 18.8 Å².